The Hall–Kier alpha value is -2.59. The molecule has 0 radical (unpaired) electrons. The van der Waals surface area contributed by atoms with Crippen LogP contribution in [0.2, 0.25) is 0 Å². The van der Waals surface area contributed by atoms with Crippen molar-refractivity contribution in [2.75, 3.05) is 0 Å². The van der Waals surface area contributed by atoms with Crippen molar-refractivity contribution in [2.24, 2.45) is 0 Å². The molecule has 0 aromatic heterocycles. The summed E-state index contributed by atoms with van der Waals surface area (Å²) in [5, 5.41) is 0. The van der Waals surface area contributed by atoms with Crippen molar-refractivity contribution in [3.63, 3.8) is 0 Å². The first-order chi connectivity index (χ1) is 11.6. The number of hydroxylamine groups is 1. The molecule has 2 unspecified atom stereocenters. The molecule has 122 valence electrons. The fourth-order valence-electron chi connectivity index (χ4n) is 3.65. The predicted octanol–water partition coefficient (Wildman–Crippen LogP) is 3.91. The summed E-state index contributed by atoms with van der Waals surface area (Å²) in [4.78, 5) is 17.8. The molecule has 0 aliphatic carbocycles. The second kappa shape index (κ2) is 5.49. The van der Waals surface area contributed by atoms with Gasteiger partial charge < -0.3 is 9.57 Å². The largest absolute Gasteiger partial charge is 0.449 e. The van der Waals surface area contributed by atoms with Crippen molar-refractivity contribution in [1.82, 2.24) is 5.48 Å². The van der Waals surface area contributed by atoms with Crippen LogP contribution in [0.3, 0.4) is 0 Å². The molecule has 4 nitrogen and oxygen atoms in total. The highest BCUT2D eigenvalue weighted by Gasteiger charge is 2.36. The molecule has 0 fully saturated rings. The van der Waals surface area contributed by atoms with Gasteiger partial charge in [0.1, 0.15) is 5.76 Å². The van der Waals surface area contributed by atoms with Gasteiger partial charge in [-0.15, -0.1) is 5.48 Å². The molecule has 0 spiro atoms. The van der Waals surface area contributed by atoms with Gasteiger partial charge in [0.25, 0.3) is 0 Å². The van der Waals surface area contributed by atoms with Gasteiger partial charge >= 0.3 is 5.97 Å². The van der Waals surface area contributed by atoms with Crippen LogP contribution < -0.4 is 5.48 Å². The van der Waals surface area contributed by atoms with Crippen molar-refractivity contribution >= 4 is 11.5 Å². The Bertz CT molecular complexity index is 855. The van der Waals surface area contributed by atoms with Crippen LogP contribution in [0.25, 0.3) is 5.57 Å². The van der Waals surface area contributed by atoms with Crippen LogP contribution in [0.5, 0.6) is 0 Å². The first-order valence-corrected chi connectivity index (χ1v) is 8.11. The van der Waals surface area contributed by atoms with Crippen molar-refractivity contribution in [1.29, 1.82) is 0 Å². The summed E-state index contributed by atoms with van der Waals surface area (Å²) >= 11 is 0. The van der Waals surface area contributed by atoms with Crippen LogP contribution in [0.4, 0.5) is 0 Å². The molecule has 2 aliphatic rings. The number of nitrogens with one attached hydrogen (secondary N) is 1. The van der Waals surface area contributed by atoms with Crippen LogP contribution in [-0.4, -0.2) is 12.0 Å². The maximum atomic E-state index is 12.3. The van der Waals surface area contributed by atoms with Crippen molar-refractivity contribution in [3.05, 3.63) is 76.0 Å². The third-order valence-electron chi connectivity index (χ3n) is 4.82. The average molecular weight is 321 g/mol. The first kappa shape index (κ1) is 15.0. The smallest absolute Gasteiger partial charge is 0.339 e. The maximum Gasteiger partial charge on any atom is 0.339 e. The van der Waals surface area contributed by atoms with E-state index in [0.717, 1.165) is 33.6 Å². The Morgan fingerprint density at radius 3 is 2.38 bits per heavy atom. The van der Waals surface area contributed by atoms with Crippen LogP contribution in [0.15, 0.2) is 48.2 Å². The molecule has 24 heavy (non-hydrogen) atoms. The monoisotopic (exact) mass is 321 g/mol. The minimum absolute atomic E-state index is 0.106. The third-order valence-corrected chi connectivity index (χ3v) is 4.82. The number of hydrogen-bond acceptors (Lipinski definition) is 4. The van der Waals surface area contributed by atoms with Gasteiger partial charge in [0.05, 0.1) is 11.6 Å². The van der Waals surface area contributed by atoms with E-state index < -0.39 is 0 Å². The van der Waals surface area contributed by atoms with Gasteiger partial charge in [0.2, 0.25) is 0 Å². The summed E-state index contributed by atoms with van der Waals surface area (Å²) in [7, 11) is 0. The fraction of sp³-hybridized carbons (Fsp3) is 0.250. The highest BCUT2D eigenvalue weighted by Crippen LogP contribution is 2.41. The Balaban J connectivity index is 1.89. The SMILES string of the molecule is CC1=C(c2ccc3c(c2C)C(c2ccccc2)OC3=O)C(C)NO1. The normalized spacial score (nSPS) is 22.4. The predicted molar refractivity (Wildman–Crippen MR) is 91.2 cm³/mol. The van der Waals surface area contributed by atoms with Gasteiger partial charge in [-0.2, -0.15) is 0 Å². The zero-order valence-electron chi connectivity index (χ0n) is 13.9. The summed E-state index contributed by atoms with van der Waals surface area (Å²) in [6.45, 7) is 6.07. The molecule has 2 heterocycles. The Labute approximate surface area is 141 Å². The quantitative estimate of drug-likeness (QED) is 0.852. The molecule has 1 N–H and O–H groups in total. The molecular weight excluding hydrogens is 302 g/mol. The summed E-state index contributed by atoms with van der Waals surface area (Å²) in [6.07, 6.45) is -0.347. The van der Waals surface area contributed by atoms with Crippen molar-refractivity contribution in [2.45, 2.75) is 32.9 Å². The van der Waals surface area contributed by atoms with Gasteiger partial charge in [-0.25, -0.2) is 4.79 Å². The molecule has 4 heteroatoms. The topological polar surface area (TPSA) is 47.6 Å². The summed E-state index contributed by atoms with van der Waals surface area (Å²) in [5.41, 5.74) is 8.90. The lowest BCUT2D eigenvalue weighted by Crippen LogP contribution is -2.19. The van der Waals surface area contributed by atoms with Crippen molar-refractivity contribution < 1.29 is 14.4 Å². The molecule has 4 rings (SSSR count). The van der Waals surface area contributed by atoms with Crippen LogP contribution in [-0.2, 0) is 9.57 Å². The summed E-state index contributed by atoms with van der Waals surface area (Å²) in [5.74, 6) is 0.611. The molecule has 2 aromatic rings. The zero-order valence-corrected chi connectivity index (χ0v) is 13.9. The number of hydrogen-bond donors (Lipinski definition) is 1. The Morgan fingerprint density at radius 1 is 1.00 bits per heavy atom. The lowest BCUT2D eigenvalue weighted by Gasteiger charge is -2.17. The number of benzene rings is 2. The number of cyclic esters (lactones) is 1. The fourth-order valence-corrected chi connectivity index (χ4v) is 3.65. The Morgan fingerprint density at radius 2 is 1.71 bits per heavy atom. The lowest BCUT2D eigenvalue weighted by atomic mass is 9.87. The third kappa shape index (κ3) is 2.14. The average Bonchev–Trinajstić information content (AvgIpc) is 3.10. The van der Waals surface area contributed by atoms with E-state index in [2.05, 4.69) is 19.3 Å². The van der Waals surface area contributed by atoms with Crippen LogP contribution in [0.1, 0.15) is 52.6 Å². The number of carbonyl (C=O) groups excluding carboxylic acids is 1. The van der Waals surface area contributed by atoms with Crippen LogP contribution >= 0.6 is 0 Å². The van der Waals surface area contributed by atoms with E-state index in [-0.39, 0.29) is 18.1 Å². The second-order valence-corrected chi connectivity index (χ2v) is 6.31. The van der Waals surface area contributed by atoms with Crippen LogP contribution in [0, 0.1) is 6.92 Å². The van der Waals surface area contributed by atoms with E-state index >= 15 is 0 Å². The number of fused-ring (bicyclic) bond motifs is 1. The lowest BCUT2D eigenvalue weighted by molar-refractivity contribution is 0.0455. The summed E-state index contributed by atoms with van der Waals surface area (Å²) in [6, 6.07) is 13.8. The molecule has 2 atom stereocenters. The van der Waals surface area contributed by atoms with E-state index in [1.807, 2.05) is 49.4 Å². The van der Waals surface area contributed by atoms with E-state index in [1.165, 1.54) is 0 Å². The van der Waals surface area contributed by atoms with Gasteiger partial charge in [-0.1, -0.05) is 36.4 Å². The number of rotatable bonds is 2. The van der Waals surface area contributed by atoms with E-state index in [1.54, 1.807) is 0 Å². The van der Waals surface area contributed by atoms with E-state index in [4.69, 9.17) is 9.57 Å². The highest BCUT2D eigenvalue weighted by atomic mass is 16.7. The van der Waals surface area contributed by atoms with Gasteiger partial charge in [-0.05, 0) is 43.5 Å². The van der Waals surface area contributed by atoms with E-state index in [0.29, 0.717) is 5.56 Å². The molecule has 2 aromatic carbocycles. The first-order valence-electron chi connectivity index (χ1n) is 8.11. The van der Waals surface area contributed by atoms with E-state index in [9.17, 15) is 4.79 Å². The number of ether oxygens (including phenoxy) is 1. The number of allylic oxidation sites excluding steroid dienone is 1. The molecule has 0 saturated carbocycles. The Kier molecular flexibility index (Phi) is 3.43. The molecule has 0 bridgehead atoms. The number of carbonyl (C=O) groups is 1. The molecule has 2 aliphatic heterocycles. The minimum atomic E-state index is -0.347. The van der Waals surface area contributed by atoms with Crippen molar-refractivity contribution in [3.8, 4) is 0 Å². The standard InChI is InChI=1S/C20H19NO3/c1-11-15(18-12(2)21-24-13(18)3)9-10-16-17(11)19(23-20(16)22)14-7-5-4-6-8-14/h4-10,12,19,21H,1-3H3. The second-order valence-electron chi connectivity index (χ2n) is 6.31. The minimum Gasteiger partial charge on any atom is -0.449 e. The van der Waals surface area contributed by atoms with Gasteiger partial charge in [0, 0.05) is 11.1 Å². The highest BCUT2D eigenvalue weighted by molar-refractivity contribution is 5.96. The molecular formula is C20H19NO3. The van der Waals surface area contributed by atoms with Gasteiger partial charge in [0.15, 0.2) is 6.10 Å². The summed E-state index contributed by atoms with van der Waals surface area (Å²) < 4.78 is 5.67. The molecule has 0 amide bonds. The molecule has 0 saturated heterocycles. The maximum absolute atomic E-state index is 12.3. The zero-order chi connectivity index (χ0) is 16.8. The van der Waals surface area contributed by atoms with Gasteiger partial charge in [-0.3, -0.25) is 0 Å². The number of esters is 1.